The average molecular weight is 223 g/mol. The Labute approximate surface area is 90.6 Å². The summed E-state index contributed by atoms with van der Waals surface area (Å²) in [7, 11) is 0. The lowest BCUT2D eigenvalue weighted by atomic mass is 10.1. The number of allylic oxidation sites excluding steroid dienone is 1. The number of hydrogen-bond acceptors (Lipinski definition) is 5. The summed E-state index contributed by atoms with van der Waals surface area (Å²) in [5.74, 6) is 0. The first-order chi connectivity index (χ1) is 7.10. The van der Waals surface area contributed by atoms with E-state index in [1.54, 1.807) is 6.07 Å². The molecule has 2 N–H and O–H groups in total. The SMILES string of the molecule is CC/C(C#N)=C(/N)c1ccc([N+](=O)[O-])s1. The van der Waals surface area contributed by atoms with E-state index in [1.165, 1.54) is 6.07 Å². The molecule has 0 saturated heterocycles. The van der Waals surface area contributed by atoms with Gasteiger partial charge in [-0.05, 0) is 12.5 Å². The van der Waals surface area contributed by atoms with Crippen LogP contribution in [0.5, 0.6) is 0 Å². The van der Waals surface area contributed by atoms with Crippen LogP contribution in [0.1, 0.15) is 18.2 Å². The smallest absolute Gasteiger partial charge is 0.324 e. The molecule has 0 atom stereocenters. The van der Waals surface area contributed by atoms with E-state index in [1.807, 2.05) is 13.0 Å². The lowest BCUT2D eigenvalue weighted by Gasteiger charge is -1.98. The van der Waals surface area contributed by atoms with E-state index < -0.39 is 4.92 Å². The van der Waals surface area contributed by atoms with Crippen LogP contribution in [-0.2, 0) is 0 Å². The zero-order chi connectivity index (χ0) is 11.4. The highest BCUT2D eigenvalue weighted by Crippen LogP contribution is 2.29. The van der Waals surface area contributed by atoms with Crippen molar-refractivity contribution in [2.45, 2.75) is 13.3 Å². The molecule has 5 nitrogen and oxygen atoms in total. The van der Waals surface area contributed by atoms with Crippen LogP contribution >= 0.6 is 11.3 Å². The van der Waals surface area contributed by atoms with Crippen molar-refractivity contribution in [1.82, 2.24) is 0 Å². The summed E-state index contributed by atoms with van der Waals surface area (Å²) < 4.78 is 0. The molecule has 1 heterocycles. The number of rotatable bonds is 3. The van der Waals surface area contributed by atoms with Gasteiger partial charge in [0.2, 0.25) is 0 Å². The van der Waals surface area contributed by atoms with E-state index in [4.69, 9.17) is 11.0 Å². The van der Waals surface area contributed by atoms with Crippen LogP contribution in [0.2, 0.25) is 0 Å². The minimum atomic E-state index is -0.473. The van der Waals surface area contributed by atoms with E-state index in [0.29, 0.717) is 22.6 Å². The molecule has 15 heavy (non-hydrogen) atoms. The molecule has 78 valence electrons. The van der Waals surface area contributed by atoms with E-state index >= 15 is 0 Å². The van der Waals surface area contributed by atoms with E-state index in [9.17, 15) is 10.1 Å². The van der Waals surface area contributed by atoms with Crippen LogP contribution < -0.4 is 5.73 Å². The van der Waals surface area contributed by atoms with Gasteiger partial charge in [0.05, 0.1) is 27.1 Å². The van der Waals surface area contributed by atoms with Crippen LogP contribution in [0.3, 0.4) is 0 Å². The van der Waals surface area contributed by atoms with Crippen molar-refractivity contribution >= 4 is 22.0 Å². The summed E-state index contributed by atoms with van der Waals surface area (Å²) in [5.41, 5.74) is 6.50. The minimum Gasteiger partial charge on any atom is -0.397 e. The quantitative estimate of drug-likeness (QED) is 0.483. The third-order valence-corrected chi connectivity index (χ3v) is 2.92. The molecular weight excluding hydrogens is 214 g/mol. The zero-order valence-electron chi connectivity index (χ0n) is 8.06. The molecule has 0 aliphatic carbocycles. The predicted octanol–water partition coefficient (Wildman–Crippen LogP) is 2.26. The van der Waals surface area contributed by atoms with Gasteiger partial charge in [0.1, 0.15) is 0 Å². The van der Waals surface area contributed by atoms with E-state index in [-0.39, 0.29) is 5.00 Å². The van der Waals surface area contributed by atoms with Crippen molar-refractivity contribution in [3.63, 3.8) is 0 Å². The fourth-order valence-electron chi connectivity index (χ4n) is 1.05. The first kappa shape index (κ1) is 11.2. The summed E-state index contributed by atoms with van der Waals surface area (Å²) in [6, 6.07) is 4.93. The van der Waals surface area contributed by atoms with Gasteiger partial charge in [-0.1, -0.05) is 18.3 Å². The fraction of sp³-hybridized carbons (Fsp3) is 0.222. The molecular formula is C9H9N3O2S. The van der Waals surface area contributed by atoms with Crippen molar-refractivity contribution in [2.24, 2.45) is 5.73 Å². The third kappa shape index (κ3) is 2.33. The van der Waals surface area contributed by atoms with Crippen molar-refractivity contribution in [1.29, 1.82) is 5.26 Å². The van der Waals surface area contributed by atoms with Crippen molar-refractivity contribution in [2.75, 3.05) is 0 Å². The Morgan fingerprint density at radius 2 is 2.40 bits per heavy atom. The Hall–Kier alpha value is -1.87. The molecule has 0 amide bonds. The topological polar surface area (TPSA) is 93.0 Å². The molecule has 0 saturated carbocycles. The molecule has 0 spiro atoms. The summed E-state index contributed by atoms with van der Waals surface area (Å²) in [6.07, 6.45) is 0.522. The lowest BCUT2D eigenvalue weighted by Crippen LogP contribution is -1.97. The molecule has 1 rings (SSSR count). The average Bonchev–Trinajstić information content (AvgIpc) is 2.68. The maximum Gasteiger partial charge on any atom is 0.324 e. The standard InChI is InChI=1S/C9H9N3O2S/c1-2-6(5-10)9(11)7-3-4-8(15-7)12(13)14/h3-4H,2,11H2,1H3/b9-6-. The highest BCUT2D eigenvalue weighted by Gasteiger charge is 2.13. The second kappa shape index (κ2) is 4.57. The van der Waals surface area contributed by atoms with Crippen LogP contribution in [0.25, 0.3) is 5.70 Å². The van der Waals surface area contributed by atoms with Crippen molar-refractivity contribution in [3.05, 3.63) is 32.7 Å². The molecule has 0 radical (unpaired) electrons. The maximum atomic E-state index is 10.4. The molecule has 0 aromatic carbocycles. The Kier molecular flexibility index (Phi) is 3.42. The Morgan fingerprint density at radius 3 is 2.80 bits per heavy atom. The maximum absolute atomic E-state index is 10.4. The van der Waals surface area contributed by atoms with Gasteiger partial charge in [-0.15, -0.1) is 0 Å². The highest BCUT2D eigenvalue weighted by atomic mass is 32.1. The third-order valence-electron chi connectivity index (χ3n) is 1.85. The van der Waals surface area contributed by atoms with E-state index in [0.717, 1.165) is 11.3 Å². The molecule has 1 aromatic heterocycles. The molecule has 0 aliphatic heterocycles. The Morgan fingerprint density at radius 1 is 1.73 bits per heavy atom. The number of nitrogens with zero attached hydrogens (tertiary/aromatic N) is 2. The number of nitro groups is 1. The van der Waals surface area contributed by atoms with Gasteiger partial charge < -0.3 is 5.73 Å². The number of hydrogen-bond donors (Lipinski definition) is 1. The molecule has 0 unspecified atom stereocenters. The first-order valence-electron chi connectivity index (χ1n) is 4.23. The Bertz CT molecular complexity index is 456. The van der Waals surface area contributed by atoms with Gasteiger partial charge in [0, 0.05) is 6.07 Å². The van der Waals surface area contributed by atoms with Crippen LogP contribution in [0, 0.1) is 21.4 Å². The summed E-state index contributed by atoms with van der Waals surface area (Å²) in [6.45, 7) is 1.81. The summed E-state index contributed by atoms with van der Waals surface area (Å²) in [4.78, 5) is 10.5. The molecule has 6 heteroatoms. The van der Waals surface area contributed by atoms with Crippen LogP contribution in [-0.4, -0.2) is 4.92 Å². The lowest BCUT2D eigenvalue weighted by molar-refractivity contribution is -0.380. The second-order valence-corrected chi connectivity index (χ2v) is 3.81. The van der Waals surface area contributed by atoms with Crippen LogP contribution in [0.15, 0.2) is 17.7 Å². The summed E-state index contributed by atoms with van der Waals surface area (Å²) in [5, 5.41) is 19.2. The first-order valence-corrected chi connectivity index (χ1v) is 5.05. The van der Waals surface area contributed by atoms with Gasteiger partial charge >= 0.3 is 5.00 Å². The Balaban J connectivity index is 3.13. The minimum absolute atomic E-state index is 0.0290. The largest absolute Gasteiger partial charge is 0.397 e. The van der Waals surface area contributed by atoms with Crippen molar-refractivity contribution in [3.8, 4) is 6.07 Å². The molecule has 0 fully saturated rings. The van der Waals surface area contributed by atoms with E-state index in [2.05, 4.69) is 0 Å². The molecule has 1 aromatic rings. The normalized spacial score (nSPS) is 11.7. The number of nitriles is 1. The van der Waals surface area contributed by atoms with Gasteiger partial charge in [-0.3, -0.25) is 10.1 Å². The molecule has 0 aliphatic rings. The monoisotopic (exact) mass is 223 g/mol. The van der Waals surface area contributed by atoms with Gasteiger partial charge in [-0.2, -0.15) is 5.26 Å². The highest BCUT2D eigenvalue weighted by molar-refractivity contribution is 7.16. The van der Waals surface area contributed by atoms with Crippen molar-refractivity contribution < 1.29 is 4.92 Å². The zero-order valence-corrected chi connectivity index (χ0v) is 8.87. The second-order valence-electron chi connectivity index (χ2n) is 2.75. The molecule has 0 bridgehead atoms. The van der Waals surface area contributed by atoms with Crippen LogP contribution in [0.4, 0.5) is 5.00 Å². The van der Waals surface area contributed by atoms with Gasteiger partial charge in [0.25, 0.3) is 0 Å². The van der Waals surface area contributed by atoms with Gasteiger partial charge in [-0.25, -0.2) is 0 Å². The summed E-state index contributed by atoms with van der Waals surface area (Å²) >= 11 is 0.975. The predicted molar refractivity (Wildman–Crippen MR) is 58.0 cm³/mol. The fourth-order valence-corrected chi connectivity index (χ4v) is 1.85. The number of thiophene rings is 1. The number of nitrogens with two attached hydrogens (primary N) is 1. The van der Waals surface area contributed by atoms with Gasteiger partial charge in [0.15, 0.2) is 0 Å².